The van der Waals surface area contributed by atoms with Crippen molar-refractivity contribution in [2.75, 3.05) is 5.32 Å². The lowest BCUT2D eigenvalue weighted by molar-refractivity contribution is 0.420. The van der Waals surface area contributed by atoms with Crippen LogP contribution in [0.2, 0.25) is 0 Å². The number of rotatable bonds is 3. The number of aromatic nitrogens is 2. The molecule has 0 unspecified atom stereocenters. The van der Waals surface area contributed by atoms with Crippen LogP contribution in [0, 0.1) is 0 Å². The molecule has 1 fully saturated rings. The molecule has 1 aliphatic rings. The Bertz CT molecular complexity index is 265. The Kier molecular flexibility index (Phi) is 1.75. The zero-order chi connectivity index (χ0) is 8.55. The van der Waals surface area contributed by atoms with Gasteiger partial charge in [0.25, 0.3) is 0 Å². The van der Waals surface area contributed by atoms with Gasteiger partial charge in [-0.15, -0.1) is 0 Å². The van der Waals surface area contributed by atoms with Crippen LogP contribution in [0.3, 0.4) is 0 Å². The number of hydrogen-bond donors (Lipinski definition) is 1. The lowest BCUT2D eigenvalue weighted by Crippen LogP contribution is -2.09. The van der Waals surface area contributed by atoms with Crippen LogP contribution in [0.15, 0.2) is 4.52 Å². The maximum atomic E-state index is 5.00. The second kappa shape index (κ2) is 2.77. The maximum Gasteiger partial charge on any atom is 0.321 e. The Hall–Kier alpha value is -1.06. The zero-order valence-electron chi connectivity index (χ0n) is 7.37. The molecule has 4 nitrogen and oxygen atoms in total. The van der Waals surface area contributed by atoms with Gasteiger partial charge in [0.2, 0.25) is 0 Å². The van der Waals surface area contributed by atoms with Crippen molar-refractivity contribution >= 4 is 6.01 Å². The standard InChI is InChI=1S/C8H13N3O/c1-5(2)9-8-10-7(11-12-8)6-3-4-6/h5-6H,3-4H2,1-2H3,(H,9,10,11). The summed E-state index contributed by atoms with van der Waals surface area (Å²) < 4.78 is 5.00. The number of hydrogen-bond acceptors (Lipinski definition) is 4. The van der Waals surface area contributed by atoms with Gasteiger partial charge in [0, 0.05) is 12.0 Å². The molecule has 1 saturated carbocycles. The van der Waals surface area contributed by atoms with Gasteiger partial charge < -0.3 is 9.84 Å². The summed E-state index contributed by atoms with van der Waals surface area (Å²) in [5.41, 5.74) is 0. The Morgan fingerprint density at radius 1 is 1.50 bits per heavy atom. The van der Waals surface area contributed by atoms with Gasteiger partial charge in [-0.2, -0.15) is 4.98 Å². The SMILES string of the molecule is CC(C)Nc1nc(C2CC2)no1. The highest BCUT2D eigenvalue weighted by Crippen LogP contribution is 2.38. The van der Waals surface area contributed by atoms with Gasteiger partial charge in [-0.25, -0.2) is 0 Å². The fourth-order valence-corrected chi connectivity index (χ4v) is 1.05. The summed E-state index contributed by atoms with van der Waals surface area (Å²) in [4.78, 5) is 4.22. The minimum atomic E-state index is 0.345. The van der Waals surface area contributed by atoms with Crippen molar-refractivity contribution in [3.05, 3.63) is 5.82 Å². The summed E-state index contributed by atoms with van der Waals surface area (Å²) in [6, 6.07) is 0.893. The lowest BCUT2D eigenvalue weighted by Gasteiger charge is -2.01. The molecule has 0 saturated heterocycles. The lowest BCUT2D eigenvalue weighted by atomic mass is 10.4. The molecule has 1 aromatic rings. The fraction of sp³-hybridized carbons (Fsp3) is 0.750. The van der Waals surface area contributed by atoms with Crippen molar-refractivity contribution in [2.45, 2.75) is 38.6 Å². The third-order valence-electron chi connectivity index (χ3n) is 1.80. The van der Waals surface area contributed by atoms with Crippen molar-refractivity contribution in [2.24, 2.45) is 0 Å². The van der Waals surface area contributed by atoms with E-state index in [1.54, 1.807) is 0 Å². The molecule has 0 aliphatic heterocycles. The summed E-state index contributed by atoms with van der Waals surface area (Å²) >= 11 is 0. The monoisotopic (exact) mass is 167 g/mol. The van der Waals surface area contributed by atoms with Crippen molar-refractivity contribution in [1.82, 2.24) is 10.1 Å². The molecule has 12 heavy (non-hydrogen) atoms. The predicted molar refractivity (Wildman–Crippen MR) is 45.0 cm³/mol. The molecule has 0 spiro atoms. The first-order valence-electron chi connectivity index (χ1n) is 4.36. The van der Waals surface area contributed by atoms with Crippen molar-refractivity contribution < 1.29 is 4.52 Å². The Labute approximate surface area is 71.4 Å². The predicted octanol–water partition coefficient (Wildman–Crippen LogP) is 1.77. The van der Waals surface area contributed by atoms with Crippen LogP contribution in [0.1, 0.15) is 38.4 Å². The first kappa shape index (κ1) is 7.58. The van der Waals surface area contributed by atoms with Crippen molar-refractivity contribution in [3.63, 3.8) is 0 Å². The van der Waals surface area contributed by atoms with E-state index in [0.717, 1.165) is 5.82 Å². The van der Waals surface area contributed by atoms with Crippen molar-refractivity contribution in [1.29, 1.82) is 0 Å². The van der Waals surface area contributed by atoms with E-state index in [2.05, 4.69) is 15.5 Å². The van der Waals surface area contributed by atoms with Crippen LogP contribution in [0.5, 0.6) is 0 Å². The summed E-state index contributed by atoms with van der Waals surface area (Å²) in [6.07, 6.45) is 2.42. The summed E-state index contributed by atoms with van der Waals surface area (Å²) in [5, 5.41) is 6.95. The van der Waals surface area contributed by atoms with Gasteiger partial charge in [0.15, 0.2) is 5.82 Å². The molecule has 0 aromatic carbocycles. The summed E-state index contributed by atoms with van der Waals surface area (Å²) in [7, 11) is 0. The van der Waals surface area contributed by atoms with Gasteiger partial charge in [-0.3, -0.25) is 0 Å². The minimum absolute atomic E-state index is 0.345. The van der Waals surface area contributed by atoms with Gasteiger partial charge in [-0.05, 0) is 26.7 Å². The number of nitrogens with one attached hydrogen (secondary N) is 1. The molecule has 1 N–H and O–H groups in total. The van der Waals surface area contributed by atoms with E-state index in [0.29, 0.717) is 18.0 Å². The van der Waals surface area contributed by atoms with Crippen LogP contribution in [-0.4, -0.2) is 16.2 Å². The van der Waals surface area contributed by atoms with Crippen LogP contribution in [0.25, 0.3) is 0 Å². The highest BCUT2D eigenvalue weighted by molar-refractivity contribution is 5.21. The van der Waals surface area contributed by atoms with Crippen LogP contribution in [-0.2, 0) is 0 Å². The van der Waals surface area contributed by atoms with Gasteiger partial charge in [0.05, 0.1) is 0 Å². The molecule has 4 heteroatoms. The van der Waals surface area contributed by atoms with E-state index in [1.807, 2.05) is 13.8 Å². The maximum absolute atomic E-state index is 5.00. The van der Waals surface area contributed by atoms with E-state index < -0.39 is 0 Å². The van der Waals surface area contributed by atoms with E-state index in [1.165, 1.54) is 12.8 Å². The molecule has 1 heterocycles. The molecule has 0 bridgehead atoms. The second-order valence-electron chi connectivity index (χ2n) is 3.53. The molecule has 2 rings (SSSR count). The Morgan fingerprint density at radius 2 is 2.25 bits per heavy atom. The van der Waals surface area contributed by atoms with E-state index >= 15 is 0 Å². The smallest absolute Gasteiger partial charge is 0.321 e. The third-order valence-corrected chi connectivity index (χ3v) is 1.80. The fourth-order valence-electron chi connectivity index (χ4n) is 1.05. The minimum Gasteiger partial charge on any atom is -0.336 e. The van der Waals surface area contributed by atoms with E-state index in [-0.39, 0.29) is 0 Å². The van der Waals surface area contributed by atoms with E-state index in [4.69, 9.17) is 4.52 Å². The molecule has 0 radical (unpaired) electrons. The van der Waals surface area contributed by atoms with Gasteiger partial charge in [0.1, 0.15) is 0 Å². The molecule has 66 valence electrons. The summed E-state index contributed by atoms with van der Waals surface area (Å²) in [6.45, 7) is 4.09. The molecule has 1 aromatic heterocycles. The largest absolute Gasteiger partial charge is 0.336 e. The number of nitrogens with zero attached hydrogens (tertiary/aromatic N) is 2. The topological polar surface area (TPSA) is 51.0 Å². The summed E-state index contributed by atoms with van der Waals surface area (Å²) in [5.74, 6) is 1.43. The first-order valence-corrected chi connectivity index (χ1v) is 4.36. The zero-order valence-corrected chi connectivity index (χ0v) is 7.37. The highest BCUT2D eigenvalue weighted by atomic mass is 16.5. The highest BCUT2D eigenvalue weighted by Gasteiger charge is 2.28. The molecule has 0 amide bonds. The number of anilines is 1. The van der Waals surface area contributed by atoms with Gasteiger partial charge >= 0.3 is 6.01 Å². The van der Waals surface area contributed by atoms with Crippen LogP contribution in [0.4, 0.5) is 6.01 Å². The average Bonchev–Trinajstić information content (AvgIpc) is 2.73. The molecule has 1 aliphatic carbocycles. The van der Waals surface area contributed by atoms with E-state index in [9.17, 15) is 0 Å². The Morgan fingerprint density at radius 3 is 2.83 bits per heavy atom. The van der Waals surface area contributed by atoms with Crippen LogP contribution >= 0.6 is 0 Å². The van der Waals surface area contributed by atoms with Crippen LogP contribution < -0.4 is 5.32 Å². The quantitative estimate of drug-likeness (QED) is 0.745. The van der Waals surface area contributed by atoms with Gasteiger partial charge in [-0.1, -0.05) is 5.16 Å². The van der Waals surface area contributed by atoms with Crippen molar-refractivity contribution in [3.8, 4) is 0 Å². The third kappa shape index (κ3) is 1.57. The molecular formula is C8H13N3O. The average molecular weight is 167 g/mol. The molecule has 0 atom stereocenters. The molecular weight excluding hydrogens is 154 g/mol. The first-order chi connectivity index (χ1) is 5.75. The Balaban J connectivity index is 2.03. The second-order valence-corrected chi connectivity index (χ2v) is 3.53. The normalized spacial score (nSPS) is 16.9.